The fourth-order valence-electron chi connectivity index (χ4n) is 2.37. The smallest absolute Gasteiger partial charge is 0.0615 e. The van der Waals surface area contributed by atoms with E-state index in [1.54, 1.807) is 7.11 Å². The number of hydrogen-bond donors (Lipinski definition) is 1. The van der Waals surface area contributed by atoms with Crippen molar-refractivity contribution in [2.75, 3.05) is 39.9 Å². The molecule has 0 aliphatic heterocycles. The Kier molecular flexibility index (Phi) is 9.67. The van der Waals surface area contributed by atoms with Crippen molar-refractivity contribution in [1.29, 1.82) is 0 Å². The third-order valence-electron chi connectivity index (χ3n) is 3.98. The number of ether oxygens (including phenoxy) is 1. The van der Waals surface area contributed by atoms with Crippen molar-refractivity contribution in [3.05, 3.63) is 0 Å². The van der Waals surface area contributed by atoms with Gasteiger partial charge in [-0.2, -0.15) is 0 Å². The topological polar surface area (TPSA) is 24.5 Å². The lowest BCUT2D eigenvalue weighted by molar-refractivity contribution is 0.0689. The molecule has 0 aliphatic rings. The number of hydrogen-bond acceptors (Lipinski definition) is 3. The Bertz CT molecular complexity index is 221. The molecular formula is C16H36N2O. The molecule has 0 aromatic carbocycles. The van der Waals surface area contributed by atoms with Crippen molar-refractivity contribution in [2.24, 2.45) is 11.3 Å². The molecule has 2 unspecified atom stereocenters. The number of rotatable bonds is 11. The van der Waals surface area contributed by atoms with Gasteiger partial charge in [-0.1, -0.05) is 34.6 Å². The number of likely N-dealkylation sites (N-methyl/N-ethyl adjacent to an activating group) is 1. The standard InChI is InChI=1S/C16H36N2O/c1-8-16(6,12-17-10-14(3)4)13-18(9-2)15(5)11-19-7/h14-15,17H,8-13H2,1-7H3. The molecule has 0 bridgehead atoms. The Morgan fingerprint density at radius 3 is 2.26 bits per heavy atom. The molecule has 1 N–H and O–H groups in total. The van der Waals surface area contributed by atoms with Gasteiger partial charge in [-0.3, -0.25) is 4.90 Å². The zero-order valence-corrected chi connectivity index (χ0v) is 14.3. The van der Waals surface area contributed by atoms with Crippen LogP contribution in [0.5, 0.6) is 0 Å². The van der Waals surface area contributed by atoms with E-state index in [1.807, 2.05) is 0 Å². The fourth-order valence-corrected chi connectivity index (χ4v) is 2.37. The van der Waals surface area contributed by atoms with Crippen molar-refractivity contribution in [3.63, 3.8) is 0 Å². The quantitative estimate of drug-likeness (QED) is 0.626. The zero-order valence-electron chi connectivity index (χ0n) is 14.3. The first-order chi connectivity index (χ1) is 8.88. The second-order valence-corrected chi connectivity index (χ2v) is 6.56. The minimum Gasteiger partial charge on any atom is -0.383 e. The molecule has 0 radical (unpaired) electrons. The summed E-state index contributed by atoms with van der Waals surface area (Å²) in [7, 11) is 1.79. The van der Waals surface area contributed by atoms with Gasteiger partial charge in [0.15, 0.2) is 0 Å². The van der Waals surface area contributed by atoms with Crippen molar-refractivity contribution in [1.82, 2.24) is 10.2 Å². The molecule has 116 valence electrons. The number of nitrogens with one attached hydrogen (secondary N) is 1. The largest absolute Gasteiger partial charge is 0.383 e. The van der Waals surface area contributed by atoms with E-state index in [4.69, 9.17) is 4.74 Å². The monoisotopic (exact) mass is 272 g/mol. The molecular weight excluding hydrogens is 236 g/mol. The molecule has 0 aromatic heterocycles. The van der Waals surface area contributed by atoms with Crippen LogP contribution in [0.2, 0.25) is 0 Å². The van der Waals surface area contributed by atoms with E-state index in [0.29, 0.717) is 11.5 Å². The SMILES string of the molecule is CCN(CC(C)(CC)CNCC(C)C)C(C)COC. The lowest BCUT2D eigenvalue weighted by atomic mass is 9.86. The summed E-state index contributed by atoms with van der Waals surface area (Å²) in [6.45, 7) is 18.9. The maximum Gasteiger partial charge on any atom is 0.0615 e. The predicted octanol–water partition coefficient (Wildman–Crippen LogP) is 3.01. The summed E-state index contributed by atoms with van der Waals surface area (Å²) in [6, 6.07) is 0.492. The van der Waals surface area contributed by atoms with Gasteiger partial charge >= 0.3 is 0 Å². The van der Waals surface area contributed by atoms with Gasteiger partial charge in [-0.15, -0.1) is 0 Å². The molecule has 3 nitrogen and oxygen atoms in total. The molecule has 0 aromatic rings. The molecule has 0 aliphatic carbocycles. The minimum absolute atomic E-state index is 0.340. The average Bonchev–Trinajstić information content (AvgIpc) is 2.35. The highest BCUT2D eigenvalue weighted by molar-refractivity contribution is 4.81. The van der Waals surface area contributed by atoms with Crippen LogP contribution in [0.1, 0.15) is 48.0 Å². The van der Waals surface area contributed by atoms with Gasteiger partial charge in [0.25, 0.3) is 0 Å². The van der Waals surface area contributed by atoms with E-state index in [2.05, 4.69) is 51.8 Å². The summed E-state index contributed by atoms with van der Waals surface area (Å²) >= 11 is 0. The van der Waals surface area contributed by atoms with Gasteiger partial charge in [0.1, 0.15) is 0 Å². The highest BCUT2D eigenvalue weighted by atomic mass is 16.5. The first-order valence-corrected chi connectivity index (χ1v) is 7.82. The molecule has 0 fully saturated rings. The van der Waals surface area contributed by atoms with Gasteiger partial charge in [-0.25, -0.2) is 0 Å². The Hall–Kier alpha value is -0.120. The summed E-state index contributed by atoms with van der Waals surface area (Å²) < 4.78 is 5.29. The van der Waals surface area contributed by atoms with Gasteiger partial charge < -0.3 is 10.1 Å². The maximum absolute atomic E-state index is 5.29. The molecule has 0 heterocycles. The van der Waals surface area contributed by atoms with Crippen LogP contribution in [-0.2, 0) is 4.74 Å². The van der Waals surface area contributed by atoms with Crippen molar-refractivity contribution in [2.45, 2.75) is 54.0 Å². The van der Waals surface area contributed by atoms with Gasteiger partial charge in [0.2, 0.25) is 0 Å². The molecule has 19 heavy (non-hydrogen) atoms. The Labute approximate surface area is 121 Å². The Morgan fingerprint density at radius 2 is 1.84 bits per heavy atom. The normalized spacial score (nSPS) is 16.9. The molecule has 3 heteroatoms. The van der Waals surface area contributed by atoms with Gasteiger partial charge in [-0.05, 0) is 37.8 Å². The maximum atomic E-state index is 5.29. The van der Waals surface area contributed by atoms with Crippen LogP contribution in [0.4, 0.5) is 0 Å². The summed E-state index contributed by atoms with van der Waals surface area (Å²) in [5.41, 5.74) is 0.340. The van der Waals surface area contributed by atoms with Crippen LogP contribution in [0.15, 0.2) is 0 Å². The number of methoxy groups -OCH3 is 1. The lowest BCUT2D eigenvalue weighted by Gasteiger charge is -2.37. The second kappa shape index (κ2) is 9.73. The van der Waals surface area contributed by atoms with E-state index < -0.39 is 0 Å². The third-order valence-corrected chi connectivity index (χ3v) is 3.98. The first kappa shape index (κ1) is 18.9. The summed E-state index contributed by atoms with van der Waals surface area (Å²) in [6.07, 6.45) is 1.20. The molecule has 0 rings (SSSR count). The van der Waals surface area contributed by atoms with Crippen LogP contribution in [0, 0.1) is 11.3 Å². The molecule has 0 saturated heterocycles. The van der Waals surface area contributed by atoms with Gasteiger partial charge in [0.05, 0.1) is 6.61 Å². The van der Waals surface area contributed by atoms with Crippen LogP contribution in [0.25, 0.3) is 0 Å². The number of nitrogens with zero attached hydrogens (tertiary/aromatic N) is 1. The van der Waals surface area contributed by atoms with Crippen LogP contribution in [-0.4, -0.2) is 50.8 Å². The average molecular weight is 272 g/mol. The van der Waals surface area contributed by atoms with E-state index >= 15 is 0 Å². The molecule has 0 amide bonds. The highest BCUT2D eigenvalue weighted by Crippen LogP contribution is 2.23. The van der Waals surface area contributed by atoms with E-state index in [1.165, 1.54) is 6.42 Å². The molecule has 0 saturated carbocycles. The lowest BCUT2D eigenvalue weighted by Crippen LogP contribution is -2.46. The predicted molar refractivity (Wildman–Crippen MR) is 84.7 cm³/mol. The first-order valence-electron chi connectivity index (χ1n) is 7.82. The van der Waals surface area contributed by atoms with Crippen molar-refractivity contribution >= 4 is 0 Å². The van der Waals surface area contributed by atoms with Gasteiger partial charge in [0, 0.05) is 26.2 Å². The summed E-state index contributed by atoms with van der Waals surface area (Å²) in [4.78, 5) is 2.53. The van der Waals surface area contributed by atoms with Crippen LogP contribution >= 0.6 is 0 Å². The minimum atomic E-state index is 0.340. The van der Waals surface area contributed by atoms with E-state index in [9.17, 15) is 0 Å². The molecule has 0 spiro atoms. The highest BCUT2D eigenvalue weighted by Gasteiger charge is 2.26. The summed E-state index contributed by atoms with van der Waals surface area (Å²) in [5, 5.41) is 3.62. The Morgan fingerprint density at radius 1 is 1.21 bits per heavy atom. The van der Waals surface area contributed by atoms with Crippen molar-refractivity contribution < 1.29 is 4.74 Å². The fraction of sp³-hybridized carbons (Fsp3) is 1.00. The van der Waals surface area contributed by atoms with Crippen molar-refractivity contribution in [3.8, 4) is 0 Å². The third kappa shape index (κ3) is 7.91. The molecule has 2 atom stereocenters. The summed E-state index contributed by atoms with van der Waals surface area (Å²) in [5.74, 6) is 0.718. The van der Waals surface area contributed by atoms with E-state index in [0.717, 1.165) is 38.7 Å². The second-order valence-electron chi connectivity index (χ2n) is 6.56. The van der Waals surface area contributed by atoms with Crippen LogP contribution in [0.3, 0.4) is 0 Å². The zero-order chi connectivity index (χ0) is 14.9. The van der Waals surface area contributed by atoms with E-state index in [-0.39, 0.29) is 0 Å². The Balaban J connectivity index is 4.38. The van der Waals surface area contributed by atoms with Crippen LogP contribution < -0.4 is 5.32 Å².